The zero-order valence-corrected chi connectivity index (χ0v) is 14.9. The Labute approximate surface area is 136 Å². The van der Waals surface area contributed by atoms with Crippen molar-refractivity contribution in [2.24, 2.45) is 5.92 Å². The summed E-state index contributed by atoms with van der Waals surface area (Å²) in [5.41, 5.74) is 3.91. The molecule has 1 rings (SSSR count). The summed E-state index contributed by atoms with van der Waals surface area (Å²) in [6, 6.07) is 0. The number of nitrogens with one attached hydrogen (secondary N) is 1. The summed E-state index contributed by atoms with van der Waals surface area (Å²) in [4.78, 5) is 0. The first-order chi connectivity index (χ1) is 10.3. The van der Waals surface area contributed by atoms with Crippen molar-refractivity contribution in [2.75, 3.05) is 6.54 Å². The molecule has 22 heavy (non-hydrogen) atoms. The lowest BCUT2D eigenvalue weighted by Gasteiger charge is -2.24. The maximum Gasteiger partial charge on any atom is 0.105 e. The molecule has 0 aliphatic heterocycles. The van der Waals surface area contributed by atoms with Crippen LogP contribution in [0.15, 0.2) is 47.2 Å². The van der Waals surface area contributed by atoms with Gasteiger partial charge in [0.05, 0.1) is 0 Å². The predicted octanol–water partition coefficient (Wildman–Crippen LogP) is 5.87. The molecule has 0 heterocycles. The number of allylic oxidation sites excluding steroid dienone is 6. The summed E-state index contributed by atoms with van der Waals surface area (Å²) in [6.45, 7) is 14.6. The van der Waals surface area contributed by atoms with Gasteiger partial charge in [-0.2, -0.15) is 0 Å². The van der Waals surface area contributed by atoms with Gasteiger partial charge in [0.25, 0.3) is 0 Å². The first-order valence-electron chi connectivity index (χ1n) is 8.42. The van der Waals surface area contributed by atoms with Crippen LogP contribution in [0.25, 0.3) is 0 Å². The molecule has 1 atom stereocenters. The monoisotopic (exact) mass is 305 g/mol. The number of halogens is 1. The van der Waals surface area contributed by atoms with Crippen LogP contribution in [-0.2, 0) is 0 Å². The van der Waals surface area contributed by atoms with Crippen LogP contribution in [0.5, 0.6) is 0 Å². The highest BCUT2D eigenvalue weighted by Crippen LogP contribution is 2.27. The van der Waals surface area contributed by atoms with E-state index in [1.807, 2.05) is 0 Å². The summed E-state index contributed by atoms with van der Waals surface area (Å²) in [5, 5.41) is 3.41. The lowest BCUT2D eigenvalue weighted by molar-refractivity contribution is 0.166. The maximum atomic E-state index is 13.8. The fraction of sp³-hybridized carbons (Fsp3) is 0.600. The molecule has 1 aliphatic rings. The molecular formula is C20H32FN. The standard InChI is InChI=1S/C20H32FN/c1-7-15(3)18-9-11-19(12-10-18)16(4)22-14-17(8-2)13-20(5,6)21/h7,9,11,17,22H,4,8,10,12-14H2,1-3,5-6H3/b15-7+. The van der Waals surface area contributed by atoms with E-state index in [2.05, 4.69) is 50.9 Å². The first kappa shape index (κ1) is 18.7. The van der Waals surface area contributed by atoms with Crippen molar-refractivity contribution >= 4 is 0 Å². The minimum Gasteiger partial charge on any atom is -0.385 e. The summed E-state index contributed by atoms with van der Waals surface area (Å²) >= 11 is 0. The third-order valence-corrected chi connectivity index (χ3v) is 4.43. The third kappa shape index (κ3) is 6.21. The van der Waals surface area contributed by atoms with E-state index >= 15 is 0 Å². The summed E-state index contributed by atoms with van der Waals surface area (Å²) in [6.07, 6.45) is 10.2. The fourth-order valence-corrected chi connectivity index (χ4v) is 2.83. The normalized spacial score (nSPS) is 17.6. The van der Waals surface area contributed by atoms with Crippen molar-refractivity contribution in [1.82, 2.24) is 5.32 Å². The summed E-state index contributed by atoms with van der Waals surface area (Å²) < 4.78 is 13.8. The Bertz CT molecular complexity index is 474. The van der Waals surface area contributed by atoms with Crippen LogP contribution in [0.4, 0.5) is 4.39 Å². The molecule has 0 aromatic rings. The van der Waals surface area contributed by atoms with Gasteiger partial charge in [0, 0.05) is 12.2 Å². The number of rotatable bonds is 8. The minimum absolute atomic E-state index is 0.345. The Balaban J connectivity index is 2.56. The van der Waals surface area contributed by atoms with Crippen LogP contribution < -0.4 is 5.32 Å². The highest BCUT2D eigenvalue weighted by Gasteiger charge is 2.21. The maximum absolute atomic E-state index is 13.8. The van der Waals surface area contributed by atoms with Gasteiger partial charge in [-0.25, -0.2) is 4.39 Å². The van der Waals surface area contributed by atoms with E-state index in [9.17, 15) is 4.39 Å². The first-order valence-corrected chi connectivity index (χ1v) is 8.42. The van der Waals surface area contributed by atoms with E-state index in [-0.39, 0.29) is 0 Å². The van der Waals surface area contributed by atoms with Crippen molar-refractivity contribution in [2.45, 2.75) is 66.0 Å². The molecule has 0 aromatic heterocycles. The molecule has 1 nitrogen and oxygen atoms in total. The second kappa shape index (κ2) is 8.36. The average Bonchev–Trinajstić information content (AvgIpc) is 2.49. The molecule has 2 heteroatoms. The topological polar surface area (TPSA) is 12.0 Å². The van der Waals surface area contributed by atoms with Crippen LogP contribution in [-0.4, -0.2) is 12.2 Å². The molecule has 0 spiro atoms. The van der Waals surface area contributed by atoms with Crippen molar-refractivity contribution in [1.29, 1.82) is 0 Å². The second-order valence-corrected chi connectivity index (χ2v) is 6.91. The summed E-state index contributed by atoms with van der Waals surface area (Å²) in [5.74, 6) is 0.345. The van der Waals surface area contributed by atoms with Crippen molar-refractivity contribution in [3.63, 3.8) is 0 Å². The van der Waals surface area contributed by atoms with Gasteiger partial charge < -0.3 is 5.32 Å². The van der Waals surface area contributed by atoms with Gasteiger partial charge in [-0.1, -0.05) is 43.7 Å². The molecule has 0 aromatic carbocycles. The minimum atomic E-state index is -1.10. The molecule has 1 aliphatic carbocycles. The average molecular weight is 305 g/mol. The van der Waals surface area contributed by atoms with Gasteiger partial charge in [-0.3, -0.25) is 0 Å². The van der Waals surface area contributed by atoms with E-state index in [0.29, 0.717) is 12.3 Å². The third-order valence-electron chi connectivity index (χ3n) is 4.43. The highest BCUT2D eigenvalue weighted by molar-refractivity contribution is 5.41. The smallest absolute Gasteiger partial charge is 0.105 e. The molecule has 124 valence electrons. The van der Waals surface area contributed by atoms with E-state index < -0.39 is 5.67 Å². The molecule has 0 saturated carbocycles. The van der Waals surface area contributed by atoms with Crippen LogP contribution in [0.3, 0.4) is 0 Å². The van der Waals surface area contributed by atoms with Crippen molar-refractivity contribution < 1.29 is 4.39 Å². The largest absolute Gasteiger partial charge is 0.385 e. The number of alkyl halides is 1. The Hall–Kier alpha value is -1.31. The van der Waals surface area contributed by atoms with Gasteiger partial charge in [0.1, 0.15) is 5.67 Å². The Morgan fingerprint density at radius 2 is 1.95 bits per heavy atom. The Morgan fingerprint density at radius 1 is 1.36 bits per heavy atom. The quantitative estimate of drug-likeness (QED) is 0.591. The van der Waals surface area contributed by atoms with Crippen LogP contribution in [0, 0.1) is 5.92 Å². The van der Waals surface area contributed by atoms with Gasteiger partial charge in [-0.15, -0.1) is 0 Å². The van der Waals surface area contributed by atoms with Gasteiger partial charge >= 0.3 is 0 Å². The molecule has 1 unspecified atom stereocenters. The van der Waals surface area contributed by atoms with E-state index in [1.165, 1.54) is 16.7 Å². The lowest BCUT2D eigenvalue weighted by atomic mass is 9.91. The van der Waals surface area contributed by atoms with Gasteiger partial charge in [-0.05, 0) is 64.0 Å². The molecule has 0 amide bonds. The van der Waals surface area contributed by atoms with E-state index in [1.54, 1.807) is 13.8 Å². The highest BCUT2D eigenvalue weighted by atomic mass is 19.1. The van der Waals surface area contributed by atoms with Crippen LogP contribution in [0.1, 0.15) is 60.3 Å². The van der Waals surface area contributed by atoms with Gasteiger partial charge in [0.2, 0.25) is 0 Å². The van der Waals surface area contributed by atoms with Gasteiger partial charge in [0.15, 0.2) is 0 Å². The SMILES string of the molecule is C=C(NCC(CC)CC(C)(C)F)C1=CC=C(/C(C)=C/C)CC1. The molecular weight excluding hydrogens is 273 g/mol. The Morgan fingerprint density at radius 3 is 2.41 bits per heavy atom. The van der Waals surface area contributed by atoms with Crippen molar-refractivity contribution in [3.8, 4) is 0 Å². The predicted molar refractivity (Wildman–Crippen MR) is 95.6 cm³/mol. The summed E-state index contributed by atoms with van der Waals surface area (Å²) in [7, 11) is 0. The second-order valence-electron chi connectivity index (χ2n) is 6.91. The van der Waals surface area contributed by atoms with Crippen molar-refractivity contribution in [3.05, 3.63) is 47.2 Å². The van der Waals surface area contributed by atoms with E-state index in [0.717, 1.165) is 31.5 Å². The van der Waals surface area contributed by atoms with E-state index in [4.69, 9.17) is 0 Å². The lowest BCUT2D eigenvalue weighted by Crippen LogP contribution is -2.27. The molecule has 0 saturated heterocycles. The zero-order chi connectivity index (χ0) is 16.8. The fourth-order valence-electron chi connectivity index (χ4n) is 2.83. The molecule has 1 N–H and O–H groups in total. The number of hydrogen-bond acceptors (Lipinski definition) is 1. The Kier molecular flexibility index (Phi) is 7.12. The van der Waals surface area contributed by atoms with Crippen LogP contribution in [0.2, 0.25) is 0 Å². The molecule has 0 fully saturated rings. The molecule has 0 radical (unpaired) electrons. The van der Waals surface area contributed by atoms with Crippen LogP contribution >= 0.6 is 0 Å². The molecule has 0 bridgehead atoms. The number of hydrogen-bond donors (Lipinski definition) is 1. The zero-order valence-electron chi connectivity index (χ0n) is 14.9.